The summed E-state index contributed by atoms with van der Waals surface area (Å²) in [6.07, 6.45) is 4.84. The molecule has 1 saturated heterocycles. The number of amides is 1. The number of furan rings is 1. The predicted octanol–water partition coefficient (Wildman–Crippen LogP) is 2.97. The molecule has 5 rings (SSSR count). The Morgan fingerprint density at radius 2 is 2.00 bits per heavy atom. The van der Waals surface area contributed by atoms with Crippen LogP contribution in [0.2, 0.25) is 0 Å². The van der Waals surface area contributed by atoms with Gasteiger partial charge in [0.1, 0.15) is 11.3 Å². The van der Waals surface area contributed by atoms with Gasteiger partial charge in [0.2, 0.25) is 5.91 Å². The van der Waals surface area contributed by atoms with Crippen molar-refractivity contribution < 1.29 is 9.21 Å². The zero-order valence-electron chi connectivity index (χ0n) is 18.2. The summed E-state index contributed by atoms with van der Waals surface area (Å²) < 4.78 is 6.97. The van der Waals surface area contributed by atoms with Crippen molar-refractivity contribution in [2.75, 3.05) is 18.0 Å². The number of anilines is 1. The molecule has 1 aliphatic heterocycles. The van der Waals surface area contributed by atoms with Crippen molar-refractivity contribution in [3.05, 3.63) is 88.7 Å². The highest BCUT2D eigenvalue weighted by molar-refractivity contribution is 5.79. The Balaban J connectivity index is 1.42. The number of nitrogens with one attached hydrogen (secondary N) is 1. The Bertz CT molecular complexity index is 1300. The Morgan fingerprint density at radius 1 is 1.12 bits per heavy atom. The zero-order chi connectivity index (χ0) is 22.6. The first-order valence-electron chi connectivity index (χ1n) is 11.1. The van der Waals surface area contributed by atoms with Crippen molar-refractivity contribution in [3.8, 4) is 0 Å². The molecule has 1 amide bonds. The lowest BCUT2D eigenvalue weighted by atomic mass is 9.97. The number of benzene rings is 1. The van der Waals surface area contributed by atoms with E-state index in [1.165, 1.54) is 0 Å². The van der Waals surface area contributed by atoms with E-state index in [0.717, 1.165) is 18.4 Å². The van der Waals surface area contributed by atoms with Gasteiger partial charge in [-0.15, -0.1) is 0 Å². The van der Waals surface area contributed by atoms with Crippen LogP contribution in [-0.4, -0.2) is 33.5 Å². The Kier molecular flexibility index (Phi) is 5.89. The molecule has 33 heavy (non-hydrogen) atoms. The molecule has 1 aliphatic rings. The third-order valence-corrected chi connectivity index (χ3v) is 5.98. The standard InChI is InChI=1S/C25H25N5O3/c31-24(27-15-20-10-6-14-33-20)19-9-5-13-29(17-19)23-25(32)30(16-18-7-2-1-3-8-18)22-21(28-23)11-4-12-26-22/h1-4,6-8,10-12,14,19H,5,9,13,15-17H2,(H,27,31)/t19-/m0/s1. The van der Waals surface area contributed by atoms with Gasteiger partial charge in [0.25, 0.3) is 5.56 Å². The predicted molar refractivity (Wildman–Crippen MR) is 125 cm³/mol. The van der Waals surface area contributed by atoms with Gasteiger partial charge in [-0.1, -0.05) is 30.3 Å². The average Bonchev–Trinajstić information content (AvgIpc) is 3.38. The molecule has 0 radical (unpaired) electrons. The number of piperidine rings is 1. The lowest BCUT2D eigenvalue weighted by Crippen LogP contribution is -2.45. The van der Waals surface area contributed by atoms with Gasteiger partial charge in [0, 0.05) is 19.3 Å². The van der Waals surface area contributed by atoms with E-state index < -0.39 is 0 Å². The highest BCUT2D eigenvalue weighted by atomic mass is 16.3. The molecule has 1 N–H and O–H groups in total. The van der Waals surface area contributed by atoms with E-state index in [9.17, 15) is 9.59 Å². The van der Waals surface area contributed by atoms with Gasteiger partial charge in [0.05, 0.1) is 25.3 Å². The molecule has 8 heteroatoms. The normalized spacial score (nSPS) is 16.1. The summed E-state index contributed by atoms with van der Waals surface area (Å²) in [4.78, 5) is 37.4. The lowest BCUT2D eigenvalue weighted by molar-refractivity contribution is -0.125. The van der Waals surface area contributed by atoms with Crippen molar-refractivity contribution in [2.24, 2.45) is 5.92 Å². The number of fused-ring (bicyclic) bond motifs is 1. The van der Waals surface area contributed by atoms with Gasteiger partial charge in [-0.05, 0) is 42.7 Å². The molecule has 8 nitrogen and oxygen atoms in total. The minimum absolute atomic E-state index is 0.0387. The molecule has 0 saturated carbocycles. The molecule has 4 heterocycles. The number of pyridine rings is 1. The number of rotatable bonds is 6. The van der Waals surface area contributed by atoms with Crippen LogP contribution in [0.3, 0.4) is 0 Å². The van der Waals surface area contributed by atoms with Crippen molar-refractivity contribution in [3.63, 3.8) is 0 Å². The van der Waals surface area contributed by atoms with E-state index in [1.807, 2.05) is 53.4 Å². The van der Waals surface area contributed by atoms with Crippen molar-refractivity contribution in [2.45, 2.75) is 25.9 Å². The Morgan fingerprint density at radius 3 is 2.82 bits per heavy atom. The highest BCUT2D eigenvalue weighted by Crippen LogP contribution is 2.22. The van der Waals surface area contributed by atoms with Crippen molar-refractivity contribution in [1.29, 1.82) is 0 Å². The average molecular weight is 444 g/mol. The number of aromatic nitrogens is 3. The first-order valence-corrected chi connectivity index (χ1v) is 11.1. The fourth-order valence-electron chi connectivity index (χ4n) is 4.30. The zero-order valence-corrected chi connectivity index (χ0v) is 18.2. The minimum atomic E-state index is -0.220. The summed E-state index contributed by atoms with van der Waals surface area (Å²) in [6, 6.07) is 17.1. The lowest BCUT2D eigenvalue weighted by Gasteiger charge is -2.32. The maximum atomic E-state index is 13.6. The number of nitrogens with zero attached hydrogens (tertiary/aromatic N) is 4. The second-order valence-electron chi connectivity index (χ2n) is 8.24. The Hall–Kier alpha value is -3.94. The number of hydrogen-bond acceptors (Lipinski definition) is 6. The molecule has 0 spiro atoms. The van der Waals surface area contributed by atoms with E-state index in [-0.39, 0.29) is 17.4 Å². The van der Waals surface area contributed by atoms with Crippen LogP contribution in [0.1, 0.15) is 24.2 Å². The monoisotopic (exact) mass is 443 g/mol. The smallest absolute Gasteiger partial charge is 0.295 e. The summed E-state index contributed by atoms with van der Waals surface area (Å²) in [5.41, 5.74) is 2.03. The van der Waals surface area contributed by atoms with Crippen LogP contribution in [0.5, 0.6) is 0 Å². The summed E-state index contributed by atoms with van der Waals surface area (Å²) in [5, 5.41) is 2.94. The number of carbonyl (C=O) groups excluding carboxylic acids is 1. The van der Waals surface area contributed by atoms with Crippen LogP contribution < -0.4 is 15.8 Å². The quantitative estimate of drug-likeness (QED) is 0.493. The second-order valence-corrected chi connectivity index (χ2v) is 8.24. The van der Waals surface area contributed by atoms with E-state index in [1.54, 1.807) is 23.1 Å². The summed E-state index contributed by atoms with van der Waals surface area (Å²) in [5.74, 6) is 0.823. The van der Waals surface area contributed by atoms with E-state index in [0.29, 0.717) is 48.9 Å². The first-order chi connectivity index (χ1) is 16.2. The van der Waals surface area contributed by atoms with Gasteiger partial charge in [-0.25, -0.2) is 9.97 Å². The van der Waals surface area contributed by atoms with Crippen LogP contribution in [0.15, 0.2) is 76.3 Å². The SMILES string of the molecule is O=C(NCc1ccco1)[C@H]1CCCN(c2nc3cccnc3n(Cc3ccccc3)c2=O)C1. The van der Waals surface area contributed by atoms with Gasteiger partial charge >= 0.3 is 0 Å². The molecule has 1 fully saturated rings. The molecule has 3 aromatic heterocycles. The largest absolute Gasteiger partial charge is 0.467 e. The third-order valence-electron chi connectivity index (χ3n) is 5.98. The maximum Gasteiger partial charge on any atom is 0.295 e. The maximum absolute atomic E-state index is 13.6. The summed E-state index contributed by atoms with van der Waals surface area (Å²) in [6.45, 7) is 1.89. The molecule has 0 aliphatic carbocycles. The van der Waals surface area contributed by atoms with Crippen LogP contribution in [-0.2, 0) is 17.9 Å². The molecule has 0 unspecified atom stereocenters. The fraction of sp³-hybridized carbons (Fsp3) is 0.280. The summed E-state index contributed by atoms with van der Waals surface area (Å²) >= 11 is 0. The van der Waals surface area contributed by atoms with Gasteiger partial charge in [0.15, 0.2) is 11.5 Å². The van der Waals surface area contributed by atoms with Gasteiger partial charge < -0.3 is 14.6 Å². The second kappa shape index (κ2) is 9.28. The van der Waals surface area contributed by atoms with Gasteiger partial charge in [-0.3, -0.25) is 14.2 Å². The van der Waals surface area contributed by atoms with Crippen LogP contribution >= 0.6 is 0 Å². The third kappa shape index (κ3) is 4.50. The van der Waals surface area contributed by atoms with E-state index in [4.69, 9.17) is 4.42 Å². The Labute approximate surface area is 190 Å². The molecule has 1 atom stereocenters. The molecular formula is C25H25N5O3. The van der Waals surface area contributed by atoms with Crippen LogP contribution in [0, 0.1) is 5.92 Å². The molecule has 168 valence electrons. The van der Waals surface area contributed by atoms with Crippen LogP contribution in [0.25, 0.3) is 11.2 Å². The van der Waals surface area contributed by atoms with Gasteiger partial charge in [-0.2, -0.15) is 0 Å². The van der Waals surface area contributed by atoms with Crippen molar-refractivity contribution >= 4 is 22.9 Å². The fourth-order valence-corrected chi connectivity index (χ4v) is 4.30. The van der Waals surface area contributed by atoms with E-state index in [2.05, 4.69) is 15.3 Å². The van der Waals surface area contributed by atoms with E-state index >= 15 is 0 Å². The molecular weight excluding hydrogens is 418 g/mol. The number of carbonyl (C=O) groups is 1. The molecule has 4 aromatic rings. The minimum Gasteiger partial charge on any atom is -0.467 e. The number of hydrogen-bond donors (Lipinski definition) is 1. The highest BCUT2D eigenvalue weighted by Gasteiger charge is 2.28. The molecule has 1 aromatic carbocycles. The van der Waals surface area contributed by atoms with Crippen molar-refractivity contribution in [1.82, 2.24) is 19.9 Å². The molecule has 0 bridgehead atoms. The topological polar surface area (TPSA) is 93.3 Å². The summed E-state index contributed by atoms with van der Waals surface area (Å²) in [7, 11) is 0. The van der Waals surface area contributed by atoms with Crippen LogP contribution in [0.4, 0.5) is 5.82 Å². The first kappa shape index (κ1) is 20.9.